The van der Waals surface area contributed by atoms with Crippen LogP contribution in [0.3, 0.4) is 0 Å². The number of halogens is 1. The van der Waals surface area contributed by atoms with E-state index in [4.69, 9.17) is 4.42 Å². The summed E-state index contributed by atoms with van der Waals surface area (Å²) in [4.78, 5) is 12.3. The topological polar surface area (TPSA) is 76.4 Å². The minimum Gasteiger partial charge on any atom is -0.451 e. The fourth-order valence-corrected chi connectivity index (χ4v) is 4.77. The maximum Gasteiger partial charge on any atom is 0.287 e. The van der Waals surface area contributed by atoms with Gasteiger partial charge in [-0.15, -0.1) is 0 Å². The highest BCUT2D eigenvalue weighted by Crippen LogP contribution is 2.25. The van der Waals surface area contributed by atoms with Crippen LogP contribution in [0.25, 0.3) is 11.3 Å². The van der Waals surface area contributed by atoms with Gasteiger partial charge in [-0.05, 0) is 49.7 Å². The molecule has 1 fully saturated rings. The molecule has 1 atom stereocenters. The molecule has 0 bridgehead atoms. The van der Waals surface area contributed by atoms with E-state index in [-0.39, 0.29) is 23.1 Å². The van der Waals surface area contributed by atoms with Crippen LogP contribution in [-0.2, 0) is 9.84 Å². The maximum atomic E-state index is 12.9. The molecule has 5 nitrogen and oxygen atoms in total. The molecule has 1 aromatic carbocycles. The van der Waals surface area contributed by atoms with E-state index in [1.54, 1.807) is 25.1 Å². The predicted octanol–water partition coefficient (Wildman–Crippen LogP) is 2.39. The lowest BCUT2D eigenvalue weighted by molar-refractivity contribution is 0.0887. The Morgan fingerprint density at radius 2 is 1.91 bits per heavy atom. The number of furan rings is 1. The first-order valence-corrected chi connectivity index (χ1v) is 8.97. The zero-order valence-corrected chi connectivity index (χ0v) is 13.3. The van der Waals surface area contributed by atoms with Gasteiger partial charge in [0, 0.05) is 5.56 Å². The lowest BCUT2D eigenvalue weighted by Gasteiger charge is -2.23. The molecule has 0 unspecified atom stereocenters. The van der Waals surface area contributed by atoms with Crippen LogP contribution in [-0.4, -0.2) is 31.4 Å². The Morgan fingerprint density at radius 3 is 2.52 bits per heavy atom. The molecule has 0 saturated carbocycles. The Kier molecular flexibility index (Phi) is 3.75. The van der Waals surface area contributed by atoms with Crippen LogP contribution in [0.1, 0.15) is 23.9 Å². The van der Waals surface area contributed by atoms with E-state index in [0.717, 1.165) is 0 Å². The SMILES string of the molecule is C[C@]1(NC(=O)c2ccc(-c3ccc(F)cc3)o2)CCS(=O)(=O)C1. The highest BCUT2D eigenvalue weighted by molar-refractivity contribution is 7.91. The highest BCUT2D eigenvalue weighted by atomic mass is 32.2. The number of nitrogens with one attached hydrogen (secondary N) is 1. The molecule has 3 rings (SSSR count). The molecule has 0 aliphatic carbocycles. The number of amides is 1. The Hall–Kier alpha value is -2.15. The quantitative estimate of drug-likeness (QED) is 0.933. The zero-order valence-electron chi connectivity index (χ0n) is 12.5. The Bertz CT molecular complexity index is 841. The van der Waals surface area contributed by atoms with Gasteiger partial charge in [0.15, 0.2) is 15.6 Å². The van der Waals surface area contributed by atoms with Gasteiger partial charge in [-0.2, -0.15) is 0 Å². The summed E-state index contributed by atoms with van der Waals surface area (Å²) in [6, 6.07) is 8.86. The van der Waals surface area contributed by atoms with Gasteiger partial charge < -0.3 is 9.73 Å². The van der Waals surface area contributed by atoms with Crippen LogP contribution in [0.5, 0.6) is 0 Å². The molecular formula is C16H16FNO4S. The predicted molar refractivity (Wildman–Crippen MR) is 83.2 cm³/mol. The number of hydrogen-bond acceptors (Lipinski definition) is 4. The summed E-state index contributed by atoms with van der Waals surface area (Å²) < 4.78 is 41.6. The molecule has 122 valence electrons. The van der Waals surface area contributed by atoms with Gasteiger partial charge >= 0.3 is 0 Å². The minimum atomic E-state index is -3.10. The second-order valence-corrected chi connectivity index (χ2v) is 8.21. The molecular weight excluding hydrogens is 321 g/mol. The first-order chi connectivity index (χ1) is 10.8. The molecule has 23 heavy (non-hydrogen) atoms. The van der Waals surface area contributed by atoms with Crippen molar-refractivity contribution in [3.63, 3.8) is 0 Å². The van der Waals surface area contributed by atoms with Crippen molar-refractivity contribution in [2.24, 2.45) is 0 Å². The second-order valence-electron chi connectivity index (χ2n) is 6.03. The van der Waals surface area contributed by atoms with Gasteiger partial charge in [-0.25, -0.2) is 12.8 Å². The summed E-state index contributed by atoms with van der Waals surface area (Å²) in [7, 11) is -3.10. The summed E-state index contributed by atoms with van der Waals surface area (Å²) in [5, 5.41) is 2.73. The van der Waals surface area contributed by atoms with E-state index in [2.05, 4.69) is 5.32 Å². The number of sulfone groups is 1. The molecule has 2 heterocycles. The van der Waals surface area contributed by atoms with E-state index >= 15 is 0 Å². The van der Waals surface area contributed by atoms with Crippen molar-refractivity contribution in [1.82, 2.24) is 5.32 Å². The van der Waals surface area contributed by atoms with Crippen LogP contribution in [0, 0.1) is 5.82 Å². The van der Waals surface area contributed by atoms with Gasteiger partial charge in [-0.1, -0.05) is 0 Å². The van der Waals surface area contributed by atoms with Crippen molar-refractivity contribution in [2.45, 2.75) is 18.9 Å². The summed E-state index contributed by atoms with van der Waals surface area (Å²) in [6.45, 7) is 1.71. The summed E-state index contributed by atoms with van der Waals surface area (Å²) in [6.07, 6.45) is 0.382. The van der Waals surface area contributed by atoms with Crippen molar-refractivity contribution in [3.05, 3.63) is 48.0 Å². The van der Waals surface area contributed by atoms with Crippen LogP contribution in [0.4, 0.5) is 4.39 Å². The number of rotatable bonds is 3. The number of benzene rings is 1. The maximum absolute atomic E-state index is 12.9. The van der Waals surface area contributed by atoms with Crippen LogP contribution >= 0.6 is 0 Å². The van der Waals surface area contributed by atoms with Gasteiger partial charge in [0.05, 0.1) is 17.0 Å². The van der Waals surface area contributed by atoms with Crippen molar-refractivity contribution in [2.75, 3.05) is 11.5 Å². The van der Waals surface area contributed by atoms with E-state index < -0.39 is 21.3 Å². The van der Waals surface area contributed by atoms with Crippen LogP contribution < -0.4 is 5.32 Å². The molecule has 7 heteroatoms. The molecule has 1 saturated heterocycles. The van der Waals surface area contributed by atoms with Crippen molar-refractivity contribution in [1.29, 1.82) is 0 Å². The molecule has 1 aromatic heterocycles. The lowest BCUT2D eigenvalue weighted by Crippen LogP contribution is -2.46. The van der Waals surface area contributed by atoms with Gasteiger partial charge in [0.2, 0.25) is 0 Å². The van der Waals surface area contributed by atoms with Crippen molar-refractivity contribution in [3.8, 4) is 11.3 Å². The summed E-state index contributed by atoms with van der Waals surface area (Å²) in [5.41, 5.74) is -0.126. The van der Waals surface area contributed by atoms with E-state index in [9.17, 15) is 17.6 Å². The third-order valence-corrected chi connectivity index (χ3v) is 5.78. The van der Waals surface area contributed by atoms with E-state index in [0.29, 0.717) is 17.7 Å². The first-order valence-electron chi connectivity index (χ1n) is 7.15. The van der Waals surface area contributed by atoms with Gasteiger partial charge in [-0.3, -0.25) is 4.79 Å². The fraction of sp³-hybridized carbons (Fsp3) is 0.312. The van der Waals surface area contributed by atoms with Crippen LogP contribution in [0.15, 0.2) is 40.8 Å². The Labute approximate surface area is 133 Å². The van der Waals surface area contributed by atoms with E-state index in [1.165, 1.54) is 18.2 Å². The zero-order chi connectivity index (χ0) is 16.7. The summed E-state index contributed by atoms with van der Waals surface area (Å²) >= 11 is 0. The smallest absolute Gasteiger partial charge is 0.287 e. The average molecular weight is 337 g/mol. The number of carbonyl (C=O) groups excluding carboxylic acids is 1. The van der Waals surface area contributed by atoms with Crippen LogP contribution in [0.2, 0.25) is 0 Å². The van der Waals surface area contributed by atoms with Gasteiger partial charge in [0.1, 0.15) is 11.6 Å². The molecule has 1 N–H and O–H groups in total. The first kappa shape index (κ1) is 15.7. The van der Waals surface area contributed by atoms with E-state index in [1.807, 2.05) is 0 Å². The Balaban J connectivity index is 1.75. The third kappa shape index (κ3) is 3.44. The molecule has 1 aliphatic rings. The standard InChI is InChI=1S/C16H16FNO4S/c1-16(8-9-23(20,21)10-16)18-15(19)14-7-6-13(22-14)11-2-4-12(17)5-3-11/h2-7H,8-10H2,1H3,(H,18,19)/t16-/m0/s1. The monoisotopic (exact) mass is 337 g/mol. The lowest BCUT2D eigenvalue weighted by atomic mass is 10.0. The number of hydrogen-bond donors (Lipinski definition) is 1. The van der Waals surface area contributed by atoms with Gasteiger partial charge in [0.25, 0.3) is 5.91 Å². The molecule has 0 radical (unpaired) electrons. The fourth-order valence-electron chi connectivity index (χ4n) is 2.67. The second kappa shape index (κ2) is 5.49. The van der Waals surface area contributed by atoms with Crippen molar-refractivity contribution < 1.29 is 22.0 Å². The molecule has 0 spiro atoms. The third-order valence-electron chi connectivity index (χ3n) is 3.88. The molecule has 2 aromatic rings. The van der Waals surface area contributed by atoms with Crippen molar-refractivity contribution >= 4 is 15.7 Å². The average Bonchev–Trinajstić information content (AvgIpc) is 3.05. The normalized spacial score (nSPS) is 22.9. The summed E-state index contributed by atoms with van der Waals surface area (Å²) in [5.74, 6) is -0.277. The Morgan fingerprint density at radius 1 is 1.22 bits per heavy atom. The molecule has 1 amide bonds. The molecule has 1 aliphatic heterocycles. The number of carbonyl (C=O) groups is 1. The minimum absolute atomic E-state index is 0.0722. The largest absolute Gasteiger partial charge is 0.451 e. The highest BCUT2D eigenvalue weighted by Gasteiger charge is 2.39.